The number of hydrogen-bond donors (Lipinski definition) is 0. The molecule has 0 spiro atoms. The van der Waals surface area contributed by atoms with Crippen LogP contribution in [0.1, 0.15) is 35.6 Å². The third-order valence-electron chi connectivity index (χ3n) is 4.41. The summed E-state index contributed by atoms with van der Waals surface area (Å²) in [7, 11) is 1.74. The zero-order valence-electron chi connectivity index (χ0n) is 14.1. The normalized spacial score (nSPS) is 21.1. The number of aryl methyl sites for hydroxylation is 3. The van der Waals surface area contributed by atoms with Crippen molar-refractivity contribution in [3.63, 3.8) is 0 Å². The molecule has 1 saturated heterocycles. The lowest BCUT2D eigenvalue weighted by atomic mass is 10.2. The highest BCUT2D eigenvalue weighted by Gasteiger charge is 2.38. The second kappa shape index (κ2) is 5.78. The molecule has 0 radical (unpaired) electrons. The van der Waals surface area contributed by atoms with E-state index in [1.807, 2.05) is 13.8 Å². The maximum Gasteiger partial charge on any atom is 0.249 e. The number of ether oxygens (including phenoxy) is 1. The van der Waals surface area contributed by atoms with Crippen molar-refractivity contribution in [2.75, 3.05) is 18.6 Å². The molecule has 0 bridgehead atoms. The first kappa shape index (κ1) is 15.5. The lowest BCUT2D eigenvalue weighted by Gasteiger charge is -2.24. The Kier molecular flexibility index (Phi) is 3.73. The summed E-state index contributed by atoms with van der Waals surface area (Å²) < 4.78 is 11.1. The molecule has 4 rings (SSSR count). The van der Waals surface area contributed by atoms with Crippen LogP contribution in [0.5, 0.6) is 0 Å². The highest BCUT2D eigenvalue weighted by Crippen LogP contribution is 2.40. The summed E-state index contributed by atoms with van der Waals surface area (Å²) in [5, 5.41) is 7.17. The van der Waals surface area contributed by atoms with E-state index in [0.717, 1.165) is 34.8 Å². The van der Waals surface area contributed by atoms with Crippen molar-refractivity contribution < 1.29 is 9.26 Å². The largest absolute Gasteiger partial charge is 0.380 e. The van der Waals surface area contributed by atoms with Crippen LogP contribution in [-0.2, 0) is 4.74 Å². The molecule has 126 valence electrons. The Labute approximate surface area is 143 Å². The summed E-state index contributed by atoms with van der Waals surface area (Å²) in [6.45, 7) is 6.59. The fraction of sp³-hybridized carbons (Fsp3) is 0.500. The van der Waals surface area contributed by atoms with Crippen LogP contribution in [0.2, 0.25) is 0 Å². The summed E-state index contributed by atoms with van der Waals surface area (Å²) in [5.74, 6) is 2.95. The second-order valence-electron chi connectivity index (χ2n) is 6.13. The Morgan fingerprint density at radius 3 is 2.75 bits per heavy atom. The average Bonchev–Trinajstić information content (AvgIpc) is 3.25. The van der Waals surface area contributed by atoms with Crippen molar-refractivity contribution in [3.05, 3.63) is 28.5 Å². The second-order valence-corrected chi connectivity index (χ2v) is 6.99. The molecule has 3 aromatic rings. The lowest BCUT2D eigenvalue weighted by molar-refractivity contribution is 0.117. The number of rotatable bonds is 3. The fourth-order valence-corrected chi connectivity index (χ4v) is 4.22. The van der Waals surface area contributed by atoms with Crippen molar-refractivity contribution >= 4 is 27.4 Å². The first-order chi connectivity index (χ1) is 11.6. The molecule has 4 heterocycles. The van der Waals surface area contributed by atoms with E-state index >= 15 is 0 Å². The van der Waals surface area contributed by atoms with Gasteiger partial charge in [-0.3, -0.25) is 0 Å². The Morgan fingerprint density at radius 1 is 1.21 bits per heavy atom. The first-order valence-corrected chi connectivity index (χ1v) is 8.77. The monoisotopic (exact) mass is 345 g/mol. The quantitative estimate of drug-likeness (QED) is 0.722. The predicted molar refractivity (Wildman–Crippen MR) is 91.4 cm³/mol. The molecule has 0 amide bonds. The third-order valence-corrected chi connectivity index (χ3v) is 5.40. The van der Waals surface area contributed by atoms with Crippen LogP contribution in [0.25, 0.3) is 10.2 Å². The van der Waals surface area contributed by atoms with Crippen LogP contribution in [0.15, 0.2) is 9.90 Å². The van der Waals surface area contributed by atoms with Crippen LogP contribution >= 0.6 is 11.3 Å². The number of methoxy groups -OCH3 is 1. The van der Waals surface area contributed by atoms with Crippen molar-refractivity contribution in [3.8, 4) is 0 Å². The summed E-state index contributed by atoms with van der Waals surface area (Å²) in [6.07, 6.45) is 0.901. The Morgan fingerprint density at radius 2 is 2.04 bits per heavy atom. The molecule has 1 aliphatic rings. The highest BCUT2D eigenvalue weighted by molar-refractivity contribution is 7.17. The molecule has 0 N–H and O–H groups in total. The van der Waals surface area contributed by atoms with E-state index in [0.29, 0.717) is 11.7 Å². The van der Waals surface area contributed by atoms with Crippen LogP contribution in [0.3, 0.4) is 0 Å². The van der Waals surface area contributed by atoms with E-state index < -0.39 is 0 Å². The molecule has 2 atom stereocenters. The van der Waals surface area contributed by atoms with E-state index in [2.05, 4.69) is 32.3 Å². The van der Waals surface area contributed by atoms with Crippen LogP contribution < -0.4 is 4.90 Å². The molecule has 0 aliphatic carbocycles. The minimum Gasteiger partial charge on any atom is -0.380 e. The summed E-state index contributed by atoms with van der Waals surface area (Å²) in [4.78, 5) is 17.0. The third kappa shape index (κ3) is 2.46. The van der Waals surface area contributed by atoms with Crippen LogP contribution in [0, 0.1) is 20.8 Å². The van der Waals surface area contributed by atoms with Gasteiger partial charge in [0.1, 0.15) is 22.5 Å². The van der Waals surface area contributed by atoms with Crippen molar-refractivity contribution in [1.82, 2.24) is 20.1 Å². The molecule has 1 aliphatic heterocycles. The highest BCUT2D eigenvalue weighted by atomic mass is 32.1. The zero-order chi connectivity index (χ0) is 16.8. The molecule has 0 aromatic carbocycles. The Balaban J connectivity index is 1.85. The predicted octanol–water partition coefficient (Wildman–Crippen LogP) is 2.97. The summed E-state index contributed by atoms with van der Waals surface area (Å²) in [5.41, 5.74) is 1.19. The maximum absolute atomic E-state index is 5.60. The molecule has 2 unspecified atom stereocenters. The van der Waals surface area contributed by atoms with Gasteiger partial charge in [0.05, 0.1) is 11.5 Å². The van der Waals surface area contributed by atoms with E-state index in [9.17, 15) is 0 Å². The van der Waals surface area contributed by atoms with Gasteiger partial charge in [-0.1, -0.05) is 5.16 Å². The van der Waals surface area contributed by atoms with E-state index in [-0.39, 0.29) is 12.1 Å². The number of aromatic nitrogens is 4. The molecule has 8 heteroatoms. The molecular weight excluding hydrogens is 326 g/mol. The van der Waals surface area contributed by atoms with Gasteiger partial charge in [0.2, 0.25) is 5.89 Å². The molecule has 0 saturated carbocycles. The van der Waals surface area contributed by atoms with E-state index in [4.69, 9.17) is 14.2 Å². The zero-order valence-corrected chi connectivity index (χ0v) is 14.9. The van der Waals surface area contributed by atoms with Crippen LogP contribution in [-0.4, -0.2) is 39.9 Å². The SMILES string of the molecule is COC1CC(c2nc(C)no2)N(c2nc(C)nc3scc(C)c23)C1. The Hall–Kier alpha value is -2.06. The van der Waals surface area contributed by atoms with Gasteiger partial charge in [-0.15, -0.1) is 11.3 Å². The van der Waals surface area contributed by atoms with Gasteiger partial charge in [0, 0.05) is 20.1 Å². The minimum atomic E-state index is -0.0343. The average molecular weight is 345 g/mol. The number of fused-ring (bicyclic) bond motifs is 1. The standard InChI is InChI=1S/C16H19N5O2S/c1-8-7-24-16-13(8)14(17-9(2)19-16)21-6-11(22-4)5-12(21)15-18-10(3)20-23-15/h7,11-12H,5-6H2,1-4H3. The van der Waals surface area contributed by atoms with Gasteiger partial charge in [-0.2, -0.15) is 4.98 Å². The fourth-order valence-electron chi connectivity index (χ4n) is 3.26. The van der Waals surface area contributed by atoms with Gasteiger partial charge >= 0.3 is 0 Å². The van der Waals surface area contributed by atoms with Crippen molar-refractivity contribution in [1.29, 1.82) is 0 Å². The van der Waals surface area contributed by atoms with E-state index in [1.165, 1.54) is 5.56 Å². The lowest BCUT2D eigenvalue weighted by Crippen LogP contribution is -2.26. The summed E-state index contributed by atoms with van der Waals surface area (Å²) in [6, 6.07) is -0.0343. The molecule has 7 nitrogen and oxygen atoms in total. The number of nitrogens with zero attached hydrogens (tertiary/aromatic N) is 5. The summed E-state index contributed by atoms with van der Waals surface area (Å²) >= 11 is 1.65. The smallest absolute Gasteiger partial charge is 0.249 e. The number of thiophene rings is 1. The van der Waals surface area contributed by atoms with Gasteiger partial charge in [-0.25, -0.2) is 9.97 Å². The minimum absolute atomic E-state index is 0.0343. The van der Waals surface area contributed by atoms with Gasteiger partial charge in [0.25, 0.3) is 0 Å². The van der Waals surface area contributed by atoms with Gasteiger partial charge in [0.15, 0.2) is 5.82 Å². The molecular formula is C16H19N5O2S. The first-order valence-electron chi connectivity index (χ1n) is 7.89. The molecule has 24 heavy (non-hydrogen) atoms. The number of hydrogen-bond acceptors (Lipinski definition) is 8. The van der Waals surface area contributed by atoms with E-state index in [1.54, 1.807) is 18.4 Å². The molecule has 1 fully saturated rings. The van der Waals surface area contributed by atoms with Crippen LogP contribution in [0.4, 0.5) is 5.82 Å². The van der Waals surface area contributed by atoms with Crippen molar-refractivity contribution in [2.45, 2.75) is 39.3 Å². The number of anilines is 1. The topological polar surface area (TPSA) is 77.2 Å². The Bertz CT molecular complexity index is 890. The van der Waals surface area contributed by atoms with Gasteiger partial charge < -0.3 is 14.2 Å². The van der Waals surface area contributed by atoms with Crippen molar-refractivity contribution in [2.24, 2.45) is 0 Å². The van der Waals surface area contributed by atoms with Gasteiger partial charge in [-0.05, 0) is 31.7 Å². The molecule has 3 aromatic heterocycles. The maximum atomic E-state index is 5.60.